The van der Waals surface area contributed by atoms with Gasteiger partial charge in [-0.1, -0.05) is 72.9 Å². The van der Waals surface area contributed by atoms with Crippen LogP contribution in [0.5, 0.6) is 0 Å². The number of hydrogen-bond donors (Lipinski definition) is 0. The van der Waals surface area contributed by atoms with E-state index < -0.39 is 0 Å². The van der Waals surface area contributed by atoms with Crippen molar-refractivity contribution in [2.24, 2.45) is 0 Å². The van der Waals surface area contributed by atoms with Gasteiger partial charge in [-0.3, -0.25) is 0 Å². The molecule has 0 aliphatic carbocycles. The predicted molar refractivity (Wildman–Crippen MR) is 139 cm³/mol. The lowest BCUT2D eigenvalue weighted by atomic mass is 9.66. The summed E-state index contributed by atoms with van der Waals surface area (Å²) in [7, 11) is 0. The summed E-state index contributed by atoms with van der Waals surface area (Å²) in [5, 5.41) is 0. The molecule has 0 unspecified atom stereocenters. The molecule has 0 saturated heterocycles. The molecule has 0 spiro atoms. The SMILES string of the molecule is C=CCc1cc(C(CC=C)(CC=C)c2ccccc2)c(CC=C)c(CC=C)c1CC=C. The van der Waals surface area contributed by atoms with Crippen LogP contribution in [0.15, 0.2) is 112 Å². The van der Waals surface area contributed by atoms with Crippen LogP contribution in [-0.2, 0) is 31.1 Å². The molecule has 0 atom stereocenters. The molecule has 0 heterocycles. The standard InChI is InChI=1S/C31H36/c1-7-16-25-24-30(29(19-10-4)28(18-9-3)27(25)17-8-2)31(22-11-5,23-12-6)26-20-14-13-15-21-26/h7-15,20-21,24H,1-6,16-19,22-23H2. The number of allylic oxidation sites excluding steroid dienone is 6. The van der Waals surface area contributed by atoms with E-state index >= 15 is 0 Å². The fourth-order valence-electron chi connectivity index (χ4n) is 4.76. The van der Waals surface area contributed by atoms with E-state index in [0.29, 0.717) is 0 Å². The van der Waals surface area contributed by atoms with Crippen LogP contribution >= 0.6 is 0 Å². The molecule has 0 bridgehead atoms. The monoisotopic (exact) mass is 408 g/mol. The first kappa shape index (κ1) is 24.2. The minimum Gasteiger partial charge on any atom is -0.103 e. The zero-order valence-corrected chi connectivity index (χ0v) is 18.9. The van der Waals surface area contributed by atoms with Gasteiger partial charge in [-0.25, -0.2) is 0 Å². The number of rotatable bonds is 14. The molecule has 0 saturated carbocycles. The molecule has 0 fully saturated rings. The van der Waals surface area contributed by atoms with Crippen molar-refractivity contribution in [2.75, 3.05) is 0 Å². The van der Waals surface area contributed by atoms with Gasteiger partial charge in [0.2, 0.25) is 0 Å². The molecule has 2 aromatic rings. The van der Waals surface area contributed by atoms with Crippen molar-refractivity contribution in [2.45, 2.75) is 43.9 Å². The summed E-state index contributed by atoms with van der Waals surface area (Å²) in [4.78, 5) is 0. The van der Waals surface area contributed by atoms with Crippen LogP contribution < -0.4 is 0 Å². The summed E-state index contributed by atoms with van der Waals surface area (Å²) in [5.41, 5.74) is 7.72. The molecular formula is C31H36. The van der Waals surface area contributed by atoms with Crippen molar-refractivity contribution in [3.05, 3.63) is 146 Å². The Hall–Kier alpha value is -3.12. The highest BCUT2D eigenvalue weighted by Crippen LogP contribution is 2.44. The lowest BCUT2D eigenvalue weighted by Gasteiger charge is -2.37. The molecular weight excluding hydrogens is 372 g/mol. The molecule has 0 heteroatoms. The van der Waals surface area contributed by atoms with Gasteiger partial charge >= 0.3 is 0 Å². The van der Waals surface area contributed by atoms with Crippen LogP contribution in [-0.4, -0.2) is 0 Å². The van der Waals surface area contributed by atoms with Gasteiger partial charge in [-0.05, 0) is 71.9 Å². The molecule has 0 nitrogen and oxygen atoms in total. The number of hydrogen-bond acceptors (Lipinski definition) is 0. The maximum Gasteiger partial charge on any atom is 0.0274 e. The Morgan fingerprint density at radius 2 is 1.10 bits per heavy atom. The van der Waals surface area contributed by atoms with E-state index in [1.165, 1.54) is 33.4 Å². The number of benzene rings is 2. The second-order valence-corrected chi connectivity index (χ2v) is 7.92. The lowest BCUT2D eigenvalue weighted by Crippen LogP contribution is -2.29. The summed E-state index contributed by atoms with van der Waals surface area (Å²) in [6.45, 7) is 24.4. The normalized spacial score (nSPS) is 10.8. The van der Waals surface area contributed by atoms with Crippen molar-refractivity contribution in [1.82, 2.24) is 0 Å². The Labute approximate surface area is 189 Å². The molecule has 31 heavy (non-hydrogen) atoms. The second-order valence-electron chi connectivity index (χ2n) is 7.92. The van der Waals surface area contributed by atoms with E-state index in [4.69, 9.17) is 0 Å². The van der Waals surface area contributed by atoms with Crippen molar-refractivity contribution in [3.63, 3.8) is 0 Å². The summed E-state index contributed by atoms with van der Waals surface area (Å²) in [5.74, 6) is 0. The highest BCUT2D eigenvalue weighted by atomic mass is 14.4. The minimum atomic E-state index is -0.234. The smallest absolute Gasteiger partial charge is 0.0274 e. The van der Waals surface area contributed by atoms with E-state index in [2.05, 4.69) is 75.9 Å². The van der Waals surface area contributed by atoms with Gasteiger partial charge in [0.05, 0.1) is 0 Å². The van der Waals surface area contributed by atoms with Crippen molar-refractivity contribution in [1.29, 1.82) is 0 Å². The van der Waals surface area contributed by atoms with Gasteiger partial charge in [-0.15, -0.1) is 39.5 Å². The van der Waals surface area contributed by atoms with E-state index in [0.717, 1.165) is 38.5 Å². The second kappa shape index (κ2) is 11.9. The Bertz CT molecular complexity index is 930. The van der Waals surface area contributed by atoms with Crippen LogP contribution in [0.25, 0.3) is 0 Å². The van der Waals surface area contributed by atoms with E-state index in [-0.39, 0.29) is 5.41 Å². The molecule has 2 rings (SSSR count). The Morgan fingerprint density at radius 1 is 0.581 bits per heavy atom. The topological polar surface area (TPSA) is 0 Å². The Kier molecular flexibility index (Phi) is 9.28. The van der Waals surface area contributed by atoms with Gasteiger partial charge in [0.1, 0.15) is 0 Å². The van der Waals surface area contributed by atoms with Gasteiger partial charge in [0, 0.05) is 5.41 Å². The first-order valence-corrected chi connectivity index (χ1v) is 11.0. The van der Waals surface area contributed by atoms with Crippen molar-refractivity contribution >= 4 is 0 Å². The third-order valence-electron chi connectivity index (χ3n) is 6.00. The Morgan fingerprint density at radius 3 is 1.61 bits per heavy atom. The van der Waals surface area contributed by atoms with E-state index in [9.17, 15) is 0 Å². The van der Waals surface area contributed by atoms with E-state index in [1.807, 2.05) is 36.5 Å². The zero-order valence-electron chi connectivity index (χ0n) is 18.9. The highest BCUT2D eigenvalue weighted by Gasteiger charge is 2.35. The fraction of sp³-hybridized carbons (Fsp3) is 0.226. The average Bonchev–Trinajstić information content (AvgIpc) is 2.78. The largest absolute Gasteiger partial charge is 0.103 e. The van der Waals surface area contributed by atoms with Crippen molar-refractivity contribution in [3.8, 4) is 0 Å². The van der Waals surface area contributed by atoms with Gasteiger partial charge < -0.3 is 0 Å². The third-order valence-corrected chi connectivity index (χ3v) is 6.00. The molecule has 0 amide bonds. The van der Waals surface area contributed by atoms with Crippen LogP contribution in [0.3, 0.4) is 0 Å². The summed E-state index contributed by atoms with van der Waals surface area (Å²) >= 11 is 0. The summed E-state index contributed by atoms with van der Waals surface area (Å²) in [6, 6.07) is 13.1. The molecule has 160 valence electrons. The molecule has 2 aromatic carbocycles. The fourth-order valence-corrected chi connectivity index (χ4v) is 4.76. The molecule has 0 radical (unpaired) electrons. The van der Waals surface area contributed by atoms with Gasteiger partial charge in [-0.2, -0.15) is 0 Å². The maximum atomic E-state index is 4.12. The van der Waals surface area contributed by atoms with Crippen LogP contribution in [0.4, 0.5) is 0 Å². The third kappa shape index (κ3) is 5.14. The minimum absolute atomic E-state index is 0.234. The predicted octanol–water partition coefficient (Wildman–Crippen LogP) is 8.04. The first-order valence-electron chi connectivity index (χ1n) is 11.0. The van der Waals surface area contributed by atoms with Crippen LogP contribution in [0.2, 0.25) is 0 Å². The Balaban J connectivity index is 3.04. The summed E-state index contributed by atoms with van der Waals surface area (Å²) in [6.07, 6.45) is 17.0. The molecule has 0 N–H and O–H groups in total. The van der Waals surface area contributed by atoms with Crippen LogP contribution in [0, 0.1) is 0 Å². The molecule has 0 aliphatic rings. The highest BCUT2D eigenvalue weighted by molar-refractivity contribution is 5.55. The molecule has 0 aliphatic heterocycles. The van der Waals surface area contributed by atoms with Gasteiger partial charge in [0.25, 0.3) is 0 Å². The maximum absolute atomic E-state index is 4.12. The first-order chi connectivity index (χ1) is 15.1. The average molecular weight is 409 g/mol. The van der Waals surface area contributed by atoms with Crippen LogP contribution in [0.1, 0.15) is 46.2 Å². The molecule has 0 aromatic heterocycles. The lowest BCUT2D eigenvalue weighted by molar-refractivity contribution is 0.523. The zero-order chi connectivity index (χ0) is 22.7. The quantitative estimate of drug-likeness (QED) is 0.277. The van der Waals surface area contributed by atoms with E-state index in [1.54, 1.807) is 0 Å². The van der Waals surface area contributed by atoms with Gasteiger partial charge in [0.15, 0.2) is 0 Å². The van der Waals surface area contributed by atoms with Crippen molar-refractivity contribution < 1.29 is 0 Å². The summed E-state index contributed by atoms with van der Waals surface area (Å²) < 4.78 is 0.